The first kappa shape index (κ1) is 16.0. The normalized spacial score (nSPS) is 10.9. The standard InChI is InChI=1S/C15H21NO4/c1-15(2,13(17)18)9-6-10-16-14(19)20-11-12-7-4-3-5-8-12/h3-5,7-8H,6,9-11H2,1-2H3,(H,16,19)(H,17,18). The number of nitrogens with one attached hydrogen (secondary N) is 1. The fourth-order valence-corrected chi connectivity index (χ4v) is 1.60. The van der Waals surface area contributed by atoms with Gasteiger partial charge in [0.25, 0.3) is 0 Å². The van der Waals surface area contributed by atoms with E-state index in [1.807, 2.05) is 30.3 Å². The van der Waals surface area contributed by atoms with Crippen LogP contribution in [-0.2, 0) is 16.1 Å². The summed E-state index contributed by atoms with van der Waals surface area (Å²) in [5.41, 5.74) is 0.157. The van der Waals surface area contributed by atoms with E-state index >= 15 is 0 Å². The lowest BCUT2D eigenvalue weighted by Crippen LogP contribution is -2.28. The van der Waals surface area contributed by atoms with Gasteiger partial charge >= 0.3 is 12.1 Å². The summed E-state index contributed by atoms with van der Waals surface area (Å²) in [6.45, 7) is 3.98. The van der Waals surface area contributed by atoms with Crippen molar-refractivity contribution in [2.75, 3.05) is 6.54 Å². The first-order valence-corrected chi connectivity index (χ1v) is 6.60. The lowest BCUT2D eigenvalue weighted by Gasteiger charge is -2.18. The molecule has 0 aliphatic carbocycles. The van der Waals surface area contributed by atoms with Gasteiger partial charge in [0.05, 0.1) is 5.41 Å². The molecule has 1 amide bonds. The molecule has 110 valence electrons. The Bertz CT molecular complexity index is 442. The molecule has 1 aromatic rings. The van der Waals surface area contributed by atoms with Gasteiger partial charge in [0, 0.05) is 6.54 Å². The number of carboxylic acid groups (broad SMARTS) is 1. The Morgan fingerprint density at radius 1 is 1.25 bits per heavy atom. The van der Waals surface area contributed by atoms with E-state index in [-0.39, 0.29) is 6.61 Å². The zero-order chi connectivity index (χ0) is 15.0. The van der Waals surface area contributed by atoms with E-state index in [2.05, 4.69) is 5.32 Å². The molecular formula is C15H21NO4. The third-order valence-corrected chi connectivity index (χ3v) is 3.04. The zero-order valence-electron chi connectivity index (χ0n) is 11.9. The molecule has 0 radical (unpaired) electrons. The average Bonchev–Trinajstić information content (AvgIpc) is 2.42. The molecule has 0 heterocycles. The van der Waals surface area contributed by atoms with Crippen molar-refractivity contribution < 1.29 is 19.4 Å². The van der Waals surface area contributed by atoms with Crippen LogP contribution in [0.4, 0.5) is 4.79 Å². The van der Waals surface area contributed by atoms with Crippen molar-refractivity contribution in [1.82, 2.24) is 5.32 Å². The summed E-state index contributed by atoms with van der Waals surface area (Å²) in [5, 5.41) is 11.6. The van der Waals surface area contributed by atoms with Crippen LogP contribution in [-0.4, -0.2) is 23.7 Å². The molecule has 2 N–H and O–H groups in total. The van der Waals surface area contributed by atoms with Gasteiger partial charge in [0.15, 0.2) is 0 Å². The van der Waals surface area contributed by atoms with E-state index in [0.29, 0.717) is 19.4 Å². The van der Waals surface area contributed by atoms with Crippen molar-refractivity contribution in [1.29, 1.82) is 0 Å². The molecule has 1 rings (SSSR count). The maximum atomic E-state index is 11.4. The van der Waals surface area contributed by atoms with Gasteiger partial charge in [0.1, 0.15) is 6.61 Å². The largest absolute Gasteiger partial charge is 0.481 e. The molecule has 20 heavy (non-hydrogen) atoms. The van der Waals surface area contributed by atoms with Gasteiger partial charge in [-0.25, -0.2) is 4.79 Å². The number of amides is 1. The second kappa shape index (κ2) is 7.53. The maximum Gasteiger partial charge on any atom is 0.407 e. The van der Waals surface area contributed by atoms with E-state index in [1.165, 1.54) is 0 Å². The summed E-state index contributed by atoms with van der Waals surface area (Å²) in [6.07, 6.45) is 0.614. The molecule has 0 unspecified atom stereocenters. The molecule has 0 saturated carbocycles. The van der Waals surface area contributed by atoms with Gasteiger partial charge < -0.3 is 15.2 Å². The summed E-state index contributed by atoms with van der Waals surface area (Å²) in [6, 6.07) is 9.41. The minimum Gasteiger partial charge on any atom is -0.481 e. The predicted octanol–water partition coefficient (Wildman–Crippen LogP) is 2.80. The first-order valence-electron chi connectivity index (χ1n) is 6.60. The monoisotopic (exact) mass is 279 g/mol. The predicted molar refractivity (Wildman–Crippen MR) is 75.3 cm³/mol. The summed E-state index contributed by atoms with van der Waals surface area (Å²) in [4.78, 5) is 22.3. The van der Waals surface area contributed by atoms with Gasteiger partial charge in [-0.2, -0.15) is 0 Å². The van der Waals surface area contributed by atoms with Crippen LogP contribution < -0.4 is 5.32 Å². The van der Waals surface area contributed by atoms with Crippen molar-refractivity contribution in [2.45, 2.75) is 33.3 Å². The number of hydrogen-bond acceptors (Lipinski definition) is 3. The van der Waals surface area contributed by atoms with Gasteiger partial charge in [-0.1, -0.05) is 30.3 Å². The van der Waals surface area contributed by atoms with Crippen LogP contribution in [0.1, 0.15) is 32.3 Å². The highest BCUT2D eigenvalue weighted by Gasteiger charge is 2.26. The van der Waals surface area contributed by atoms with Crippen molar-refractivity contribution in [3.8, 4) is 0 Å². The van der Waals surface area contributed by atoms with E-state index in [1.54, 1.807) is 13.8 Å². The van der Waals surface area contributed by atoms with Crippen LogP contribution in [0.25, 0.3) is 0 Å². The molecular weight excluding hydrogens is 258 g/mol. The Morgan fingerprint density at radius 3 is 2.50 bits per heavy atom. The lowest BCUT2D eigenvalue weighted by atomic mass is 9.88. The molecule has 0 spiro atoms. The number of carbonyl (C=O) groups is 2. The summed E-state index contributed by atoms with van der Waals surface area (Å²) >= 11 is 0. The van der Waals surface area contributed by atoms with Crippen molar-refractivity contribution >= 4 is 12.1 Å². The first-order chi connectivity index (χ1) is 9.42. The number of aliphatic carboxylic acids is 1. The molecule has 0 fully saturated rings. The summed E-state index contributed by atoms with van der Waals surface area (Å²) in [5.74, 6) is -0.829. The van der Waals surface area contributed by atoms with Crippen molar-refractivity contribution in [3.63, 3.8) is 0 Å². The van der Waals surface area contributed by atoms with E-state index in [4.69, 9.17) is 9.84 Å². The smallest absolute Gasteiger partial charge is 0.407 e. The van der Waals surface area contributed by atoms with Crippen LogP contribution in [0.5, 0.6) is 0 Å². The average molecular weight is 279 g/mol. The molecule has 1 aromatic carbocycles. The molecule has 5 heteroatoms. The van der Waals surface area contributed by atoms with Gasteiger partial charge in [-0.15, -0.1) is 0 Å². The third kappa shape index (κ3) is 5.73. The molecule has 5 nitrogen and oxygen atoms in total. The fourth-order valence-electron chi connectivity index (χ4n) is 1.60. The van der Waals surface area contributed by atoms with Crippen LogP contribution >= 0.6 is 0 Å². The molecule has 0 bridgehead atoms. The number of carboxylic acids is 1. The number of carbonyl (C=O) groups excluding carboxylic acids is 1. The Balaban J connectivity index is 2.16. The van der Waals surface area contributed by atoms with Gasteiger partial charge in [0.2, 0.25) is 0 Å². The zero-order valence-corrected chi connectivity index (χ0v) is 11.9. The second-order valence-corrected chi connectivity index (χ2v) is 5.28. The minimum absolute atomic E-state index is 0.229. The summed E-state index contributed by atoms with van der Waals surface area (Å²) < 4.78 is 5.04. The molecule has 0 atom stereocenters. The number of ether oxygens (including phenoxy) is 1. The highest BCUT2D eigenvalue weighted by Crippen LogP contribution is 2.21. The second-order valence-electron chi connectivity index (χ2n) is 5.28. The molecule has 0 saturated heterocycles. The topological polar surface area (TPSA) is 75.6 Å². The van der Waals surface area contributed by atoms with Crippen LogP contribution in [0.15, 0.2) is 30.3 Å². The van der Waals surface area contributed by atoms with Crippen molar-refractivity contribution in [3.05, 3.63) is 35.9 Å². The Hall–Kier alpha value is -2.04. The number of benzene rings is 1. The Morgan fingerprint density at radius 2 is 1.90 bits per heavy atom. The molecule has 0 aromatic heterocycles. The van der Waals surface area contributed by atoms with Crippen LogP contribution in [0, 0.1) is 5.41 Å². The van der Waals surface area contributed by atoms with E-state index in [0.717, 1.165) is 5.56 Å². The highest BCUT2D eigenvalue weighted by molar-refractivity contribution is 5.73. The van der Waals surface area contributed by atoms with Gasteiger partial charge in [-0.3, -0.25) is 4.79 Å². The van der Waals surface area contributed by atoms with Crippen molar-refractivity contribution in [2.24, 2.45) is 5.41 Å². The minimum atomic E-state index is -0.829. The molecule has 0 aliphatic heterocycles. The quantitative estimate of drug-likeness (QED) is 0.752. The number of alkyl carbamates (subject to hydrolysis) is 1. The summed E-state index contributed by atoms with van der Waals surface area (Å²) in [7, 11) is 0. The maximum absolute atomic E-state index is 11.4. The fraction of sp³-hybridized carbons (Fsp3) is 0.467. The SMILES string of the molecule is CC(C)(CCCNC(=O)OCc1ccccc1)C(=O)O. The number of rotatable bonds is 7. The third-order valence-electron chi connectivity index (χ3n) is 3.04. The Kier molecular flexibility index (Phi) is 6.03. The number of hydrogen-bond donors (Lipinski definition) is 2. The van der Waals surface area contributed by atoms with Crippen LogP contribution in [0.2, 0.25) is 0 Å². The van der Waals surface area contributed by atoms with E-state index < -0.39 is 17.5 Å². The highest BCUT2D eigenvalue weighted by atomic mass is 16.5. The molecule has 0 aliphatic rings. The lowest BCUT2D eigenvalue weighted by molar-refractivity contribution is -0.147. The Labute approximate surface area is 118 Å². The van der Waals surface area contributed by atoms with Gasteiger partial charge in [-0.05, 0) is 32.3 Å². The van der Waals surface area contributed by atoms with Crippen LogP contribution in [0.3, 0.4) is 0 Å². The van der Waals surface area contributed by atoms with E-state index in [9.17, 15) is 9.59 Å².